The van der Waals surface area contributed by atoms with Crippen LogP contribution in [-0.2, 0) is 0 Å². The van der Waals surface area contributed by atoms with Crippen LogP contribution in [0.1, 0.15) is 16.7 Å². The fourth-order valence-electron chi connectivity index (χ4n) is 2.54. The highest BCUT2D eigenvalue weighted by Crippen LogP contribution is 2.46. The summed E-state index contributed by atoms with van der Waals surface area (Å²) in [4.78, 5) is 1.31. The maximum Gasteiger partial charge on any atom is 0.0947 e. The Hall–Kier alpha value is -1.17. The molecule has 0 spiro atoms. The normalized spacial score (nSPS) is 16.0. The lowest BCUT2D eigenvalue weighted by Crippen LogP contribution is -2.03. The molecule has 0 unspecified atom stereocenters. The second kappa shape index (κ2) is 6.52. The Morgan fingerprint density at radius 1 is 1.00 bits per heavy atom. The monoisotopic (exact) mass is 344 g/mol. The molecule has 3 heterocycles. The second-order valence-corrected chi connectivity index (χ2v) is 8.78. The lowest BCUT2D eigenvalue weighted by molar-refractivity contribution is 0.856. The van der Waals surface area contributed by atoms with E-state index in [1.54, 1.807) is 11.3 Å². The lowest BCUT2D eigenvalue weighted by Gasteiger charge is -2.19. The minimum absolute atomic E-state index is 0.454. The van der Waals surface area contributed by atoms with E-state index in [9.17, 15) is 0 Å². The van der Waals surface area contributed by atoms with Crippen LogP contribution in [0.3, 0.4) is 0 Å². The SMILES string of the molecule is c1ccc(-n2cc(-c3cccs3)c(C3SCCCS3)n2)cc1. The third kappa shape index (κ3) is 2.85. The molecule has 1 aliphatic rings. The summed E-state index contributed by atoms with van der Waals surface area (Å²) in [6.45, 7) is 0. The molecule has 5 heteroatoms. The highest BCUT2D eigenvalue weighted by atomic mass is 32.2. The van der Waals surface area contributed by atoms with Crippen molar-refractivity contribution >= 4 is 34.9 Å². The van der Waals surface area contributed by atoms with Crippen molar-refractivity contribution in [2.75, 3.05) is 11.5 Å². The highest BCUT2D eigenvalue weighted by Gasteiger charge is 2.24. The topological polar surface area (TPSA) is 17.8 Å². The molecule has 2 nitrogen and oxygen atoms in total. The lowest BCUT2D eigenvalue weighted by atomic mass is 10.2. The van der Waals surface area contributed by atoms with Gasteiger partial charge in [-0.3, -0.25) is 0 Å². The van der Waals surface area contributed by atoms with Crippen molar-refractivity contribution < 1.29 is 0 Å². The Kier molecular flexibility index (Phi) is 4.28. The van der Waals surface area contributed by atoms with Gasteiger partial charge in [0.15, 0.2) is 0 Å². The fraction of sp³-hybridized carbons (Fsp3) is 0.235. The molecule has 0 radical (unpaired) electrons. The molecule has 0 bridgehead atoms. The molecule has 0 aliphatic carbocycles. The van der Waals surface area contributed by atoms with Gasteiger partial charge in [-0.1, -0.05) is 24.3 Å². The van der Waals surface area contributed by atoms with Crippen molar-refractivity contribution in [3.05, 3.63) is 59.7 Å². The number of rotatable bonds is 3. The van der Waals surface area contributed by atoms with Gasteiger partial charge in [0.1, 0.15) is 0 Å². The summed E-state index contributed by atoms with van der Waals surface area (Å²) < 4.78 is 2.48. The molecule has 22 heavy (non-hydrogen) atoms. The number of hydrogen-bond acceptors (Lipinski definition) is 4. The molecular formula is C17H16N2S3. The van der Waals surface area contributed by atoms with Crippen LogP contribution in [0.25, 0.3) is 16.1 Å². The van der Waals surface area contributed by atoms with Gasteiger partial charge in [0.05, 0.1) is 16.0 Å². The molecule has 1 saturated heterocycles. The molecular weight excluding hydrogens is 328 g/mol. The molecule has 112 valence electrons. The number of thioether (sulfide) groups is 2. The molecule has 0 atom stereocenters. The first-order valence-corrected chi connectivity index (χ1v) is 10.3. The third-order valence-electron chi connectivity index (χ3n) is 3.60. The van der Waals surface area contributed by atoms with Gasteiger partial charge in [-0.05, 0) is 41.5 Å². The zero-order chi connectivity index (χ0) is 14.8. The summed E-state index contributed by atoms with van der Waals surface area (Å²) in [5.74, 6) is 2.47. The summed E-state index contributed by atoms with van der Waals surface area (Å²) >= 11 is 5.85. The first-order valence-electron chi connectivity index (χ1n) is 7.34. The van der Waals surface area contributed by atoms with Gasteiger partial charge < -0.3 is 0 Å². The van der Waals surface area contributed by atoms with Crippen LogP contribution in [0.4, 0.5) is 0 Å². The summed E-state index contributed by atoms with van der Waals surface area (Å²) in [5, 5.41) is 7.08. The van der Waals surface area contributed by atoms with Crippen LogP contribution in [0.2, 0.25) is 0 Å². The first-order chi connectivity index (χ1) is 10.9. The van der Waals surface area contributed by atoms with Gasteiger partial charge in [0.2, 0.25) is 0 Å². The van der Waals surface area contributed by atoms with Gasteiger partial charge in [-0.2, -0.15) is 5.10 Å². The van der Waals surface area contributed by atoms with Crippen molar-refractivity contribution in [2.24, 2.45) is 0 Å². The number of thiophene rings is 1. The second-order valence-electron chi connectivity index (χ2n) is 5.11. The number of aromatic nitrogens is 2. The maximum absolute atomic E-state index is 4.94. The zero-order valence-electron chi connectivity index (χ0n) is 12.0. The number of benzene rings is 1. The zero-order valence-corrected chi connectivity index (χ0v) is 14.5. The quantitative estimate of drug-likeness (QED) is 0.627. The van der Waals surface area contributed by atoms with Crippen molar-refractivity contribution in [3.63, 3.8) is 0 Å². The maximum atomic E-state index is 4.94. The van der Waals surface area contributed by atoms with E-state index in [1.807, 2.05) is 34.3 Å². The average molecular weight is 345 g/mol. The van der Waals surface area contributed by atoms with Crippen LogP contribution in [0.15, 0.2) is 54.0 Å². The van der Waals surface area contributed by atoms with Crippen molar-refractivity contribution in [2.45, 2.75) is 11.0 Å². The van der Waals surface area contributed by atoms with Gasteiger partial charge in [0.25, 0.3) is 0 Å². The smallest absolute Gasteiger partial charge is 0.0947 e. The predicted octanol–water partition coefficient (Wildman–Crippen LogP) is 5.47. The van der Waals surface area contributed by atoms with E-state index in [-0.39, 0.29) is 0 Å². The van der Waals surface area contributed by atoms with E-state index in [2.05, 4.69) is 48.0 Å². The Balaban J connectivity index is 1.79. The minimum atomic E-state index is 0.454. The molecule has 3 aromatic rings. The Morgan fingerprint density at radius 2 is 1.82 bits per heavy atom. The third-order valence-corrected chi connectivity index (χ3v) is 7.42. The Morgan fingerprint density at radius 3 is 2.55 bits per heavy atom. The molecule has 1 aromatic carbocycles. The number of nitrogens with zero attached hydrogens (tertiary/aromatic N) is 2. The largest absolute Gasteiger partial charge is 0.240 e. The Bertz CT molecular complexity index is 729. The van der Waals surface area contributed by atoms with Crippen LogP contribution >= 0.6 is 34.9 Å². The van der Waals surface area contributed by atoms with E-state index < -0.39 is 0 Å². The standard InChI is InChI=1S/C17H16N2S3/c1-2-6-13(7-3-1)19-12-14(15-8-4-9-20-15)16(18-19)17-21-10-5-11-22-17/h1-4,6-9,12,17H,5,10-11H2. The summed E-state index contributed by atoms with van der Waals surface area (Å²) in [6, 6.07) is 14.7. The van der Waals surface area contributed by atoms with E-state index in [1.165, 1.54) is 34.1 Å². The van der Waals surface area contributed by atoms with E-state index >= 15 is 0 Å². The van der Waals surface area contributed by atoms with E-state index in [0.717, 1.165) is 5.69 Å². The highest BCUT2D eigenvalue weighted by molar-refractivity contribution is 8.16. The van der Waals surface area contributed by atoms with Crippen LogP contribution in [0, 0.1) is 0 Å². The van der Waals surface area contributed by atoms with Crippen molar-refractivity contribution in [1.29, 1.82) is 0 Å². The predicted molar refractivity (Wildman–Crippen MR) is 99.2 cm³/mol. The summed E-state index contributed by atoms with van der Waals surface area (Å²) in [6.07, 6.45) is 3.49. The van der Waals surface area contributed by atoms with Gasteiger partial charge in [0, 0.05) is 16.6 Å². The molecule has 1 fully saturated rings. The molecule has 1 aliphatic heterocycles. The summed E-state index contributed by atoms with van der Waals surface area (Å²) in [7, 11) is 0. The fourth-order valence-corrected chi connectivity index (χ4v) is 6.15. The van der Waals surface area contributed by atoms with Crippen LogP contribution in [0.5, 0.6) is 0 Å². The molecule has 0 saturated carbocycles. The number of para-hydroxylation sites is 1. The number of hydrogen-bond donors (Lipinski definition) is 0. The van der Waals surface area contributed by atoms with Gasteiger partial charge in [-0.15, -0.1) is 34.9 Å². The molecule has 2 aromatic heterocycles. The van der Waals surface area contributed by atoms with Crippen LogP contribution in [-0.4, -0.2) is 21.3 Å². The van der Waals surface area contributed by atoms with Crippen LogP contribution < -0.4 is 0 Å². The molecule has 0 amide bonds. The minimum Gasteiger partial charge on any atom is -0.240 e. The Labute approximate surface area is 142 Å². The average Bonchev–Trinajstić information content (AvgIpc) is 3.26. The van der Waals surface area contributed by atoms with Gasteiger partial charge in [-0.25, -0.2) is 4.68 Å². The van der Waals surface area contributed by atoms with E-state index in [0.29, 0.717) is 4.58 Å². The summed E-state index contributed by atoms with van der Waals surface area (Å²) in [5.41, 5.74) is 3.63. The van der Waals surface area contributed by atoms with Crippen molar-refractivity contribution in [1.82, 2.24) is 9.78 Å². The van der Waals surface area contributed by atoms with Crippen molar-refractivity contribution in [3.8, 4) is 16.1 Å². The van der Waals surface area contributed by atoms with E-state index in [4.69, 9.17) is 5.10 Å². The molecule has 4 rings (SSSR count). The van der Waals surface area contributed by atoms with Gasteiger partial charge >= 0.3 is 0 Å². The molecule has 0 N–H and O–H groups in total. The first kappa shape index (κ1) is 14.4.